The van der Waals surface area contributed by atoms with Crippen LogP contribution in [0.1, 0.15) is 24.5 Å². The molecule has 1 saturated heterocycles. The standard InChI is InChI=1S/C14H16N3/c1-2-4-11(5-3-1)13-10-14(17-16-13)12-6-8-15-9-7-12/h1-5,10,12H,6-9H2,(H,16,17). The number of hydrogen-bond acceptors (Lipinski definition) is 1. The molecule has 1 fully saturated rings. The van der Waals surface area contributed by atoms with Crippen molar-refractivity contribution in [3.63, 3.8) is 0 Å². The van der Waals surface area contributed by atoms with Gasteiger partial charge in [-0.1, -0.05) is 30.3 Å². The SMILES string of the molecule is c1ccc(-c2cc(C3CC[N]CC3)[nH]n2)cc1. The Hall–Kier alpha value is -1.61. The topological polar surface area (TPSA) is 42.8 Å². The molecular weight excluding hydrogens is 210 g/mol. The second-order valence-electron chi connectivity index (χ2n) is 4.52. The van der Waals surface area contributed by atoms with E-state index in [4.69, 9.17) is 0 Å². The molecule has 3 nitrogen and oxygen atoms in total. The normalized spacial score (nSPS) is 17.2. The molecule has 0 unspecified atom stereocenters. The lowest BCUT2D eigenvalue weighted by Crippen LogP contribution is -2.21. The molecule has 1 N–H and O–H groups in total. The van der Waals surface area contributed by atoms with Crippen LogP contribution in [0.3, 0.4) is 0 Å². The fourth-order valence-electron chi connectivity index (χ4n) is 2.36. The molecule has 0 aliphatic carbocycles. The van der Waals surface area contributed by atoms with Crippen LogP contribution < -0.4 is 5.32 Å². The maximum atomic E-state index is 4.41. The Morgan fingerprint density at radius 1 is 1.06 bits per heavy atom. The van der Waals surface area contributed by atoms with Crippen molar-refractivity contribution < 1.29 is 0 Å². The van der Waals surface area contributed by atoms with Crippen molar-refractivity contribution in [2.24, 2.45) is 0 Å². The van der Waals surface area contributed by atoms with E-state index in [9.17, 15) is 0 Å². The minimum absolute atomic E-state index is 0.609. The van der Waals surface area contributed by atoms with Gasteiger partial charge < -0.3 is 0 Å². The minimum atomic E-state index is 0.609. The Bertz CT molecular complexity index is 469. The molecule has 3 heteroatoms. The summed E-state index contributed by atoms with van der Waals surface area (Å²) in [4.78, 5) is 0. The highest BCUT2D eigenvalue weighted by Gasteiger charge is 2.18. The zero-order valence-electron chi connectivity index (χ0n) is 9.76. The van der Waals surface area contributed by atoms with Gasteiger partial charge in [0.25, 0.3) is 0 Å². The van der Waals surface area contributed by atoms with Crippen molar-refractivity contribution in [3.8, 4) is 11.3 Å². The first kappa shape index (κ1) is 10.5. The molecule has 0 amide bonds. The van der Waals surface area contributed by atoms with Crippen molar-refractivity contribution in [3.05, 3.63) is 42.1 Å². The summed E-state index contributed by atoms with van der Waals surface area (Å²) in [6.45, 7) is 1.98. The van der Waals surface area contributed by atoms with Crippen LogP contribution >= 0.6 is 0 Å². The van der Waals surface area contributed by atoms with Gasteiger partial charge in [-0.2, -0.15) is 5.10 Å². The first-order chi connectivity index (χ1) is 8.43. The predicted molar refractivity (Wildman–Crippen MR) is 67.9 cm³/mol. The monoisotopic (exact) mass is 226 g/mol. The summed E-state index contributed by atoms with van der Waals surface area (Å²) in [7, 11) is 0. The number of piperidine rings is 1. The summed E-state index contributed by atoms with van der Waals surface area (Å²) < 4.78 is 0. The van der Waals surface area contributed by atoms with Gasteiger partial charge in [0.15, 0.2) is 0 Å². The lowest BCUT2D eigenvalue weighted by molar-refractivity contribution is 0.446. The van der Waals surface area contributed by atoms with E-state index in [0.717, 1.165) is 31.6 Å². The first-order valence-corrected chi connectivity index (χ1v) is 6.17. The third kappa shape index (κ3) is 2.24. The molecule has 0 spiro atoms. The van der Waals surface area contributed by atoms with Gasteiger partial charge in [-0.05, 0) is 18.9 Å². The molecule has 1 aliphatic heterocycles. The van der Waals surface area contributed by atoms with Crippen LogP contribution in [-0.2, 0) is 0 Å². The number of nitrogens with one attached hydrogen (secondary N) is 1. The zero-order chi connectivity index (χ0) is 11.5. The van der Waals surface area contributed by atoms with E-state index in [1.165, 1.54) is 11.3 Å². The van der Waals surface area contributed by atoms with Crippen LogP contribution in [-0.4, -0.2) is 23.3 Å². The quantitative estimate of drug-likeness (QED) is 0.840. The number of rotatable bonds is 2. The molecule has 1 aromatic heterocycles. The lowest BCUT2D eigenvalue weighted by atomic mass is 9.94. The Kier molecular flexibility index (Phi) is 2.92. The summed E-state index contributed by atoms with van der Waals surface area (Å²) in [6, 6.07) is 12.5. The van der Waals surface area contributed by atoms with Gasteiger partial charge in [0.2, 0.25) is 0 Å². The van der Waals surface area contributed by atoms with Gasteiger partial charge in [0.05, 0.1) is 5.69 Å². The molecule has 0 saturated carbocycles. The van der Waals surface area contributed by atoms with Crippen molar-refractivity contribution in [1.29, 1.82) is 0 Å². The van der Waals surface area contributed by atoms with Crippen molar-refractivity contribution in [2.75, 3.05) is 13.1 Å². The fraction of sp³-hybridized carbons (Fsp3) is 0.357. The van der Waals surface area contributed by atoms with E-state index < -0.39 is 0 Å². The first-order valence-electron chi connectivity index (χ1n) is 6.17. The second-order valence-corrected chi connectivity index (χ2v) is 4.52. The van der Waals surface area contributed by atoms with Gasteiger partial charge in [-0.15, -0.1) is 0 Å². The highest BCUT2D eigenvalue weighted by molar-refractivity contribution is 5.59. The maximum Gasteiger partial charge on any atom is 0.0923 e. The summed E-state index contributed by atoms with van der Waals surface area (Å²) in [6.07, 6.45) is 2.30. The van der Waals surface area contributed by atoms with E-state index in [2.05, 4.69) is 33.7 Å². The molecular formula is C14H16N3. The maximum absolute atomic E-state index is 4.41. The smallest absolute Gasteiger partial charge is 0.0923 e. The van der Waals surface area contributed by atoms with Crippen LogP contribution in [0.2, 0.25) is 0 Å². The average Bonchev–Trinajstić information content (AvgIpc) is 2.90. The van der Waals surface area contributed by atoms with Crippen molar-refractivity contribution in [1.82, 2.24) is 15.5 Å². The Balaban J connectivity index is 1.83. The Morgan fingerprint density at radius 2 is 1.82 bits per heavy atom. The van der Waals surface area contributed by atoms with E-state index in [1.54, 1.807) is 0 Å². The van der Waals surface area contributed by atoms with Crippen LogP contribution in [0, 0.1) is 0 Å². The van der Waals surface area contributed by atoms with Gasteiger partial charge in [-0.3, -0.25) is 5.10 Å². The van der Waals surface area contributed by atoms with E-state index in [1.807, 2.05) is 18.2 Å². The molecule has 17 heavy (non-hydrogen) atoms. The molecule has 87 valence electrons. The summed E-state index contributed by atoms with van der Waals surface area (Å²) in [5.74, 6) is 0.609. The van der Waals surface area contributed by atoms with Gasteiger partial charge in [0, 0.05) is 30.3 Å². The summed E-state index contributed by atoms with van der Waals surface area (Å²) >= 11 is 0. The van der Waals surface area contributed by atoms with Crippen LogP contribution in [0.4, 0.5) is 0 Å². The van der Waals surface area contributed by atoms with E-state index >= 15 is 0 Å². The highest BCUT2D eigenvalue weighted by atomic mass is 15.1. The van der Waals surface area contributed by atoms with Crippen LogP contribution in [0.25, 0.3) is 11.3 Å². The molecule has 2 heterocycles. The molecule has 2 aromatic rings. The largest absolute Gasteiger partial charge is 0.282 e. The molecule has 1 aromatic carbocycles. The Labute approximate surface area is 101 Å². The highest BCUT2D eigenvalue weighted by Crippen LogP contribution is 2.27. The lowest BCUT2D eigenvalue weighted by Gasteiger charge is -2.19. The second kappa shape index (κ2) is 4.72. The van der Waals surface area contributed by atoms with Gasteiger partial charge in [0.1, 0.15) is 0 Å². The molecule has 3 rings (SSSR count). The summed E-state index contributed by atoms with van der Waals surface area (Å²) in [5, 5.41) is 12.0. The number of aromatic amines is 1. The van der Waals surface area contributed by atoms with E-state index in [-0.39, 0.29) is 0 Å². The third-order valence-electron chi connectivity index (χ3n) is 3.38. The molecule has 0 bridgehead atoms. The average molecular weight is 226 g/mol. The number of nitrogens with zero attached hydrogens (tertiary/aromatic N) is 2. The summed E-state index contributed by atoms with van der Waals surface area (Å²) in [5.41, 5.74) is 3.48. The van der Waals surface area contributed by atoms with Crippen LogP contribution in [0.15, 0.2) is 36.4 Å². The number of hydrogen-bond donors (Lipinski definition) is 1. The number of aromatic nitrogens is 2. The fourth-order valence-corrected chi connectivity index (χ4v) is 2.36. The third-order valence-corrected chi connectivity index (χ3v) is 3.38. The zero-order valence-corrected chi connectivity index (χ0v) is 9.76. The van der Waals surface area contributed by atoms with E-state index in [0.29, 0.717) is 5.92 Å². The van der Waals surface area contributed by atoms with Gasteiger partial charge >= 0.3 is 0 Å². The predicted octanol–water partition coefficient (Wildman–Crippen LogP) is 2.56. The molecule has 1 radical (unpaired) electrons. The number of H-pyrrole nitrogens is 1. The van der Waals surface area contributed by atoms with Crippen molar-refractivity contribution in [2.45, 2.75) is 18.8 Å². The number of benzene rings is 1. The van der Waals surface area contributed by atoms with Gasteiger partial charge in [-0.25, -0.2) is 5.32 Å². The Morgan fingerprint density at radius 3 is 2.59 bits per heavy atom. The molecule has 1 aliphatic rings. The van der Waals surface area contributed by atoms with Crippen molar-refractivity contribution >= 4 is 0 Å². The minimum Gasteiger partial charge on any atom is -0.282 e. The molecule has 0 atom stereocenters. The van der Waals surface area contributed by atoms with Crippen LogP contribution in [0.5, 0.6) is 0 Å².